The number of aromatic nitrogens is 1. The Balaban J connectivity index is 2.79. The molecule has 0 radical (unpaired) electrons. The zero-order valence-corrected chi connectivity index (χ0v) is 7.64. The molecule has 0 amide bonds. The largest absolute Gasteiger partial charge is 0.469 e. The normalized spacial score (nSPS) is 9.77. The number of carbonyl (C=O) groups excluding carboxylic acids is 1. The van der Waals surface area contributed by atoms with Crippen molar-refractivity contribution in [1.82, 2.24) is 4.98 Å². The van der Waals surface area contributed by atoms with Gasteiger partial charge in [0.1, 0.15) is 0 Å². The first kappa shape index (κ1) is 9.92. The quantitative estimate of drug-likeness (QED) is 0.541. The SMILES string of the molecule is COC(=O)Cc1cnc(F)c(Cl)c1. The van der Waals surface area contributed by atoms with E-state index >= 15 is 0 Å². The minimum Gasteiger partial charge on any atom is -0.469 e. The molecule has 70 valence electrons. The fraction of sp³-hybridized carbons (Fsp3) is 0.250. The Labute approximate surface area is 79.5 Å². The number of carbonyl (C=O) groups is 1. The third-order valence-corrected chi connectivity index (χ3v) is 1.69. The van der Waals surface area contributed by atoms with Crippen LogP contribution in [-0.4, -0.2) is 18.1 Å². The maximum absolute atomic E-state index is 12.6. The Bertz CT molecular complexity index is 330. The summed E-state index contributed by atoms with van der Waals surface area (Å²) in [5.41, 5.74) is 0.526. The first-order chi connectivity index (χ1) is 6.13. The molecule has 1 rings (SSSR count). The molecule has 0 saturated carbocycles. The van der Waals surface area contributed by atoms with Gasteiger partial charge in [-0.25, -0.2) is 4.98 Å². The summed E-state index contributed by atoms with van der Waals surface area (Å²) in [6.07, 6.45) is 1.29. The summed E-state index contributed by atoms with van der Waals surface area (Å²) in [5, 5.41) is -0.0959. The molecular formula is C8H7ClFNO2. The zero-order chi connectivity index (χ0) is 9.84. The van der Waals surface area contributed by atoms with Gasteiger partial charge in [0.05, 0.1) is 18.6 Å². The standard InChI is InChI=1S/C8H7ClFNO2/c1-13-7(12)3-5-2-6(9)8(10)11-4-5/h2,4H,3H2,1H3. The van der Waals surface area contributed by atoms with Crippen LogP contribution < -0.4 is 0 Å². The molecule has 13 heavy (non-hydrogen) atoms. The number of hydrogen-bond acceptors (Lipinski definition) is 3. The van der Waals surface area contributed by atoms with E-state index in [1.165, 1.54) is 19.4 Å². The van der Waals surface area contributed by atoms with Crippen LogP contribution in [0.25, 0.3) is 0 Å². The van der Waals surface area contributed by atoms with Crippen LogP contribution >= 0.6 is 11.6 Å². The van der Waals surface area contributed by atoms with E-state index < -0.39 is 11.9 Å². The third kappa shape index (κ3) is 2.66. The minimum atomic E-state index is -0.740. The molecule has 1 heterocycles. The van der Waals surface area contributed by atoms with Gasteiger partial charge in [0.25, 0.3) is 0 Å². The van der Waals surface area contributed by atoms with Crippen molar-refractivity contribution in [3.05, 3.63) is 28.8 Å². The maximum Gasteiger partial charge on any atom is 0.310 e. The molecule has 0 fully saturated rings. The summed E-state index contributed by atoms with van der Waals surface area (Å²) in [7, 11) is 1.28. The van der Waals surface area contributed by atoms with Gasteiger partial charge in [-0.1, -0.05) is 11.6 Å². The fourth-order valence-corrected chi connectivity index (χ4v) is 0.985. The lowest BCUT2D eigenvalue weighted by atomic mass is 10.2. The molecule has 3 nitrogen and oxygen atoms in total. The topological polar surface area (TPSA) is 39.2 Å². The summed E-state index contributed by atoms with van der Waals surface area (Å²) in [5.74, 6) is -1.15. The fourth-order valence-electron chi connectivity index (χ4n) is 0.796. The van der Waals surface area contributed by atoms with Gasteiger partial charge >= 0.3 is 5.97 Å². The van der Waals surface area contributed by atoms with E-state index in [1.54, 1.807) is 0 Å². The highest BCUT2D eigenvalue weighted by Crippen LogP contribution is 2.13. The summed E-state index contributed by atoms with van der Waals surface area (Å²) in [6.45, 7) is 0. The van der Waals surface area contributed by atoms with E-state index in [-0.39, 0.29) is 11.4 Å². The van der Waals surface area contributed by atoms with Crippen LogP contribution in [0.5, 0.6) is 0 Å². The molecule has 0 aliphatic carbocycles. The second-order valence-electron chi connectivity index (χ2n) is 2.37. The molecule has 0 saturated heterocycles. The van der Waals surface area contributed by atoms with E-state index in [4.69, 9.17) is 11.6 Å². The van der Waals surface area contributed by atoms with Gasteiger partial charge in [0, 0.05) is 6.20 Å². The van der Waals surface area contributed by atoms with Crippen LogP contribution in [0, 0.1) is 5.95 Å². The summed E-state index contributed by atoms with van der Waals surface area (Å²) in [6, 6.07) is 1.35. The van der Waals surface area contributed by atoms with Gasteiger partial charge in [-0.15, -0.1) is 0 Å². The van der Waals surface area contributed by atoms with Crippen molar-refractivity contribution in [2.75, 3.05) is 7.11 Å². The Morgan fingerprint density at radius 1 is 1.77 bits per heavy atom. The predicted molar refractivity (Wildman–Crippen MR) is 44.9 cm³/mol. The van der Waals surface area contributed by atoms with Crippen molar-refractivity contribution in [3.8, 4) is 0 Å². The molecule has 0 N–H and O–H groups in total. The monoisotopic (exact) mass is 203 g/mol. The van der Waals surface area contributed by atoms with Crippen molar-refractivity contribution in [3.63, 3.8) is 0 Å². The van der Waals surface area contributed by atoms with E-state index in [1.807, 2.05) is 0 Å². The Morgan fingerprint density at radius 2 is 2.46 bits per heavy atom. The lowest BCUT2D eigenvalue weighted by Crippen LogP contribution is -2.05. The molecule has 0 aliphatic heterocycles. The van der Waals surface area contributed by atoms with Gasteiger partial charge in [-0.3, -0.25) is 4.79 Å². The van der Waals surface area contributed by atoms with Gasteiger partial charge in [0.2, 0.25) is 5.95 Å². The average Bonchev–Trinajstić information content (AvgIpc) is 2.11. The molecule has 0 bridgehead atoms. The number of rotatable bonds is 2. The zero-order valence-electron chi connectivity index (χ0n) is 6.88. The van der Waals surface area contributed by atoms with Crippen LogP contribution in [0.3, 0.4) is 0 Å². The van der Waals surface area contributed by atoms with E-state index in [0.29, 0.717) is 5.56 Å². The molecule has 1 aromatic heterocycles. The minimum absolute atomic E-state index is 0.0451. The second-order valence-corrected chi connectivity index (χ2v) is 2.78. The van der Waals surface area contributed by atoms with Crippen LogP contribution in [0.2, 0.25) is 5.02 Å². The van der Waals surface area contributed by atoms with Crippen LogP contribution in [0.15, 0.2) is 12.3 Å². The van der Waals surface area contributed by atoms with Gasteiger partial charge in [-0.2, -0.15) is 4.39 Å². The Kier molecular flexibility index (Phi) is 3.19. The lowest BCUT2D eigenvalue weighted by molar-refractivity contribution is -0.139. The number of pyridine rings is 1. The highest BCUT2D eigenvalue weighted by atomic mass is 35.5. The first-order valence-corrected chi connectivity index (χ1v) is 3.88. The number of methoxy groups -OCH3 is 1. The molecular weight excluding hydrogens is 197 g/mol. The molecule has 0 spiro atoms. The molecule has 0 unspecified atom stereocenters. The highest BCUT2D eigenvalue weighted by molar-refractivity contribution is 6.30. The number of halogens is 2. The third-order valence-electron chi connectivity index (χ3n) is 1.43. The van der Waals surface area contributed by atoms with Gasteiger partial charge in [-0.05, 0) is 11.6 Å². The molecule has 0 aliphatic rings. The van der Waals surface area contributed by atoms with Crippen LogP contribution in [0.1, 0.15) is 5.56 Å². The van der Waals surface area contributed by atoms with E-state index in [0.717, 1.165) is 0 Å². The molecule has 1 aromatic rings. The Hall–Kier alpha value is -1.16. The Morgan fingerprint density at radius 3 is 3.00 bits per heavy atom. The predicted octanol–water partition coefficient (Wildman–Crippen LogP) is 1.59. The average molecular weight is 204 g/mol. The number of nitrogens with zero attached hydrogens (tertiary/aromatic N) is 1. The van der Waals surface area contributed by atoms with Crippen molar-refractivity contribution >= 4 is 17.6 Å². The first-order valence-electron chi connectivity index (χ1n) is 3.50. The highest BCUT2D eigenvalue weighted by Gasteiger charge is 2.06. The van der Waals surface area contributed by atoms with E-state index in [2.05, 4.69) is 9.72 Å². The summed E-state index contributed by atoms with van der Waals surface area (Å²) in [4.78, 5) is 14.2. The van der Waals surface area contributed by atoms with Crippen molar-refractivity contribution in [2.24, 2.45) is 0 Å². The smallest absolute Gasteiger partial charge is 0.310 e. The lowest BCUT2D eigenvalue weighted by Gasteiger charge is -1.99. The summed E-state index contributed by atoms with van der Waals surface area (Å²) >= 11 is 5.45. The summed E-state index contributed by atoms with van der Waals surface area (Å²) < 4.78 is 17.0. The van der Waals surface area contributed by atoms with E-state index in [9.17, 15) is 9.18 Å². The van der Waals surface area contributed by atoms with Crippen molar-refractivity contribution in [2.45, 2.75) is 6.42 Å². The molecule has 0 aromatic carbocycles. The number of hydrogen-bond donors (Lipinski definition) is 0. The van der Waals surface area contributed by atoms with Crippen molar-refractivity contribution < 1.29 is 13.9 Å². The van der Waals surface area contributed by atoms with Gasteiger partial charge in [0.15, 0.2) is 0 Å². The number of ether oxygens (including phenoxy) is 1. The second kappa shape index (κ2) is 4.18. The van der Waals surface area contributed by atoms with Crippen LogP contribution in [0.4, 0.5) is 4.39 Å². The molecule has 0 atom stereocenters. The van der Waals surface area contributed by atoms with Crippen molar-refractivity contribution in [1.29, 1.82) is 0 Å². The number of esters is 1. The van der Waals surface area contributed by atoms with Crippen LogP contribution in [-0.2, 0) is 16.0 Å². The molecule has 5 heteroatoms. The maximum atomic E-state index is 12.6. The van der Waals surface area contributed by atoms with Gasteiger partial charge < -0.3 is 4.74 Å².